The predicted octanol–water partition coefficient (Wildman–Crippen LogP) is 0.481. The molecule has 0 aliphatic rings. The Labute approximate surface area is 57.9 Å². The van der Waals surface area contributed by atoms with Crippen LogP contribution >= 0.6 is 0 Å². The smallest absolute Gasteiger partial charge is 0.308 e. The third kappa shape index (κ3) is 3.23. The molecule has 0 saturated heterocycles. The molecule has 0 saturated carbocycles. The third-order valence-corrected chi connectivity index (χ3v) is 0.560. The van der Waals surface area contributed by atoms with Gasteiger partial charge in [-0.2, -0.15) is 10.5 Å². The van der Waals surface area contributed by atoms with Crippen molar-refractivity contribution in [3.8, 4) is 12.1 Å². The molecule has 4 heteroatoms. The molecular formula is C6H4N2O2. The van der Waals surface area contributed by atoms with E-state index in [9.17, 15) is 4.79 Å². The van der Waals surface area contributed by atoms with Crippen LogP contribution in [-0.4, -0.2) is 5.97 Å². The largest absolute Gasteiger partial charge is 0.414 e. The van der Waals surface area contributed by atoms with E-state index in [4.69, 9.17) is 10.5 Å². The molecule has 0 heterocycles. The molecule has 0 atom stereocenters. The fraction of sp³-hybridized carbons (Fsp3) is 0.167. The van der Waals surface area contributed by atoms with Crippen LogP contribution in [0.3, 0.4) is 0 Å². The van der Waals surface area contributed by atoms with E-state index < -0.39 is 5.97 Å². The van der Waals surface area contributed by atoms with Gasteiger partial charge in [-0.1, -0.05) is 0 Å². The molecule has 0 aromatic carbocycles. The van der Waals surface area contributed by atoms with Gasteiger partial charge in [0.05, 0.1) is 12.1 Å². The lowest BCUT2D eigenvalue weighted by molar-refractivity contribution is -0.136. The summed E-state index contributed by atoms with van der Waals surface area (Å²) < 4.78 is 4.28. The van der Waals surface area contributed by atoms with Gasteiger partial charge in [0, 0.05) is 6.92 Å². The second-order valence-corrected chi connectivity index (χ2v) is 1.34. The number of carbonyl (C=O) groups excluding carboxylic acids is 1. The lowest BCUT2D eigenvalue weighted by atomic mass is 10.5. The van der Waals surface area contributed by atoms with Gasteiger partial charge in [0.1, 0.15) is 6.07 Å². The number of esters is 1. The van der Waals surface area contributed by atoms with E-state index in [-0.39, 0.29) is 5.76 Å². The summed E-state index contributed by atoms with van der Waals surface area (Å²) in [5.41, 5.74) is 0. The number of nitriles is 2. The molecule has 0 fully saturated rings. The fourth-order valence-electron chi connectivity index (χ4n) is 0.298. The Bertz CT molecular complexity index is 241. The molecule has 0 aromatic heterocycles. The highest BCUT2D eigenvalue weighted by Gasteiger charge is 1.97. The van der Waals surface area contributed by atoms with Gasteiger partial charge in [0.25, 0.3) is 0 Å². The van der Waals surface area contributed by atoms with Crippen molar-refractivity contribution in [2.24, 2.45) is 0 Å². The van der Waals surface area contributed by atoms with Crippen LogP contribution in [-0.2, 0) is 9.53 Å². The van der Waals surface area contributed by atoms with Gasteiger partial charge in [0.2, 0.25) is 5.76 Å². The minimum atomic E-state index is -0.608. The lowest BCUT2D eigenvalue weighted by Gasteiger charge is -1.92. The monoisotopic (exact) mass is 136 g/mol. The van der Waals surface area contributed by atoms with E-state index in [2.05, 4.69) is 4.74 Å². The highest BCUT2D eigenvalue weighted by Crippen LogP contribution is 1.93. The molecule has 0 aliphatic heterocycles. The van der Waals surface area contributed by atoms with Gasteiger partial charge in [-0.25, -0.2) is 0 Å². The van der Waals surface area contributed by atoms with Crippen molar-refractivity contribution >= 4 is 5.97 Å². The molecule has 10 heavy (non-hydrogen) atoms. The number of nitrogens with zero attached hydrogens (tertiary/aromatic N) is 2. The highest BCUT2D eigenvalue weighted by atomic mass is 16.5. The van der Waals surface area contributed by atoms with Gasteiger partial charge >= 0.3 is 5.97 Å². The SMILES string of the molecule is CC(=O)OC(C#N)=CC#N. The minimum Gasteiger partial charge on any atom is -0.414 e. The van der Waals surface area contributed by atoms with Crippen molar-refractivity contribution in [1.29, 1.82) is 10.5 Å². The Morgan fingerprint density at radius 3 is 2.50 bits per heavy atom. The summed E-state index contributed by atoms with van der Waals surface area (Å²) in [6.07, 6.45) is 0.862. The lowest BCUT2D eigenvalue weighted by Crippen LogP contribution is -1.96. The van der Waals surface area contributed by atoms with Gasteiger partial charge in [-0.15, -0.1) is 0 Å². The summed E-state index contributed by atoms with van der Waals surface area (Å²) in [4.78, 5) is 10.2. The summed E-state index contributed by atoms with van der Waals surface area (Å²) in [5, 5.41) is 16.2. The van der Waals surface area contributed by atoms with E-state index in [0.29, 0.717) is 0 Å². The number of hydrogen-bond acceptors (Lipinski definition) is 4. The Balaban J connectivity index is 4.17. The Morgan fingerprint density at radius 2 is 2.20 bits per heavy atom. The maximum Gasteiger partial charge on any atom is 0.308 e. The molecule has 0 spiro atoms. The van der Waals surface area contributed by atoms with Crippen molar-refractivity contribution in [2.75, 3.05) is 0 Å². The van der Waals surface area contributed by atoms with Crippen molar-refractivity contribution in [2.45, 2.75) is 6.92 Å². The number of rotatable bonds is 1. The summed E-state index contributed by atoms with van der Waals surface area (Å²) in [6, 6.07) is 3.09. The first kappa shape index (κ1) is 8.19. The average molecular weight is 136 g/mol. The standard InChI is InChI=1S/C6H4N2O2/c1-5(9)10-6(4-8)2-3-7/h2H,1H3. The van der Waals surface area contributed by atoms with Crippen LogP contribution in [0.4, 0.5) is 0 Å². The van der Waals surface area contributed by atoms with Crippen molar-refractivity contribution in [3.05, 3.63) is 11.8 Å². The summed E-state index contributed by atoms with van der Waals surface area (Å²) >= 11 is 0. The zero-order valence-electron chi connectivity index (χ0n) is 5.29. The molecule has 0 N–H and O–H groups in total. The van der Waals surface area contributed by atoms with Crippen LogP contribution in [0.2, 0.25) is 0 Å². The van der Waals surface area contributed by atoms with E-state index in [1.807, 2.05) is 0 Å². The van der Waals surface area contributed by atoms with Crippen LogP contribution in [0.15, 0.2) is 11.8 Å². The van der Waals surface area contributed by atoms with Crippen LogP contribution in [0.5, 0.6) is 0 Å². The van der Waals surface area contributed by atoms with Gasteiger partial charge in [-0.3, -0.25) is 4.79 Å². The van der Waals surface area contributed by atoms with E-state index >= 15 is 0 Å². The van der Waals surface area contributed by atoms with Gasteiger partial charge in [-0.05, 0) is 0 Å². The maximum atomic E-state index is 10.2. The van der Waals surface area contributed by atoms with Crippen molar-refractivity contribution in [1.82, 2.24) is 0 Å². The van der Waals surface area contributed by atoms with Crippen LogP contribution in [0.25, 0.3) is 0 Å². The summed E-state index contributed by atoms with van der Waals surface area (Å²) in [6.45, 7) is 1.16. The summed E-state index contributed by atoms with van der Waals surface area (Å²) in [7, 11) is 0. The maximum absolute atomic E-state index is 10.2. The van der Waals surface area contributed by atoms with Gasteiger partial charge in [0.15, 0.2) is 0 Å². The molecule has 0 aliphatic carbocycles. The number of hydrogen-bond donors (Lipinski definition) is 0. The minimum absolute atomic E-state index is 0.282. The van der Waals surface area contributed by atoms with Crippen molar-refractivity contribution in [3.63, 3.8) is 0 Å². The first-order chi connectivity index (χ1) is 4.70. The highest BCUT2D eigenvalue weighted by molar-refractivity contribution is 5.68. The average Bonchev–Trinajstić information content (AvgIpc) is 1.86. The number of carbonyl (C=O) groups is 1. The second kappa shape index (κ2) is 4.11. The number of allylic oxidation sites excluding steroid dienone is 2. The molecule has 0 amide bonds. The number of ether oxygens (including phenoxy) is 1. The van der Waals surface area contributed by atoms with Crippen LogP contribution in [0.1, 0.15) is 6.92 Å². The summed E-state index contributed by atoms with van der Waals surface area (Å²) in [5.74, 6) is -0.891. The first-order valence-corrected chi connectivity index (χ1v) is 2.39. The molecule has 0 bridgehead atoms. The molecule has 4 nitrogen and oxygen atoms in total. The van der Waals surface area contributed by atoms with Crippen LogP contribution < -0.4 is 0 Å². The zero-order valence-corrected chi connectivity index (χ0v) is 5.29. The molecule has 50 valence electrons. The zero-order chi connectivity index (χ0) is 7.98. The molecule has 0 unspecified atom stereocenters. The van der Waals surface area contributed by atoms with Crippen LogP contribution in [0, 0.1) is 22.7 Å². The van der Waals surface area contributed by atoms with Gasteiger partial charge < -0.3 is 4.74 Å². The fourth-order valence-corrected chi connectivity index (χ4v) is 0.298. The quantitative estimate of drug-likeness (QED) is 0.298. The Morgan fingerprint density at radius 1 is 1.60 bits per heavy atom. The molecule has 0 aromatic rings. The molecule has 0 rings (SSSR count). The van der Waals surface area contributed by atoms with E-state index in [0.717, 1.165) is 13.0 Å². The topological polar surface area (TPSA) is 73.9 Å². The Kier molecular flexibility index (Phi) is 3.36. The van der Waals surface area contributed by atoms with E-state index in [1.165, 1.54) is 6.07 Å². The third-order valence-electron chi connectivity index (χ3n) is 0.560. The van der Waals surface area contributed by atoms with Crippen molar-refractivity contribution < 1.29 is 9.53 Å². The molecular weight excluding hydrogens is 132 g/mol. The molecule has 0 radical (unpaired) electrons. The normalized spacial score (nSPS) is 9.30. The predicted molar refractivity (Wildman–Crippen MR) is 31.1 cm³/mol. The first-order valence-electron chi connectivity index (χ1n) is 2.39. The van der Waals surface area contributed by atoms with E-state index in [1.54, 1.807) is 6.07 Å². The Hall–Kier alpha value is -1.81. The second-order valence-electron chi connectivity index (χ2n) is 1.34.